The van der Waals surface area contributed by atoms with E-state index in [0.717, 1.165) is 31.2 Å². The molecule has 1 amide bonds. The van der Waals surface area contributed by atoms with Crippen LogP contribution in [0.3, 0.4) is 0 Å². The van der Waals surface area contributed by atoms with Gasteiger partial charge in [-0.1, -0.05) is 55.4 Å². The van der Waals surface area contributed by atoms with Gasteiger partial charge in [-0.05, 0) is 24.8 Å². The summed E-state index contributed by atoms with van der Waals surface area (Å²) in [5, 5.41) is 9.83. The molecule has 1 saturated carbocycles. The van der Waals surface area contributed by atoms with Crippen molar-refractivity contribution < 1.29 is 4.79 Å². The van der Waals surface area contributed by atoms with Gasteiger partial charge in [0, 0.05) is 12.6 Å². The summed E-state index contributed by atoms with van der Waals surface area (Å²) in [4.78, 5) is 24.6. The summed E-state index contributed by atoms with van der Waals surface area (Å²) in [6.45, 7) is 2.69. The van der Waals surface area contributed by atoms with Gasteiger partial charge in [-0.2, -0.15) is 0 Å². The van der Waals surface area contributed by atoms with Crippen LogP contribution in [0.5, 0.6) is 0 Å². The van der Waals surface area contributed by atoms with E-state index in [1.807, 2.05) is 30.3 Å². The fourth-order valence-corrected chi connectivity index (χ4v) is 3.50. The van der Waals surface area contributed by atoms with Gasteiger partial charge in [0.25, 0.3) is 0 Å². The zero-order chi connectivity index (χ0) is 16.9. The number of unbranched alkanes of at least 4 members (excludes halogenated alkanes) is 1. The summed E-state index contributed by atoms with van der Waals surface area (Å²) >= 11 is 1.33. The van der Waals surface area contributed by atoms with Gasteiger partial charge in [0.1, 0.15) is 5.25 Å². The molecule has 1 aromatic heterocycles. The lowest BCUT2D eigenvalue weighted by atomic mass is 10.1. The van der Waals surface area contributed by atoms with Crippen LogP contribution in [0.15, 0.2) is 40.3 Å². The standard InChI is InChI=1S/C17H22N4O2S/c1-2-3-11-21-16(23)19-20-17(21)24-14(12-7-5-4-6-8-12)15(22)18-13-9-10-13/h4-8,13-14H,2-3,9-11H2,1H3,(H,18,22)(H,19,23). The van der Waals surface area contributed by atoms with Crippen LogP contribution in [0.4, 0.5) is 0 Å². The molecule has 6 nitrogen and oxygen atoms in total. The summed E-state index contributed by atoms with van der Waals surface area (Å²) in [5.41, 5.74) is 0.693. The molecule has 2 N–H and O–H groups in total. The zero-order valence-electron chi connectivity index (χ0n) is 13.7. The van der Waals surface area contributed by atoms with Crippen molar-refractivity contribution in [2.45, 2.75) is 55.6 Å². The number of amides is 1. The van der Waals surface area contributed by atoms with E-state index >= 15 is 0 Å². The minimum Gasteiger partial charge on any atom is -0.352 e. The van der Waals surface area contributed by atoms with E-state index in [-0.39, 0.29) is 11.6 Å². The largest absolute Gasteiger partial charge is 0.352 e. The average Bonchev–Trinajstić information content (AvgIpc) is 3.34. The van der Waals surface area contributed by atoms with Crippen molar-refractivity contribution in [1.82, 2.24) is 20.1 Å². The average molecular weight is 346 g/mol. The third-order valence-electron chi connectivity index (χ3n) is 3.95. The molecule has 0 saturated heterocycles. The lowest BCUT2D eigenvalue weighted by Crippen LogP contribution is -2.30. The normalized spacial score (nSPS) is 15.2. The highest BCUT2D eigenvalue weighted by Crippen LogP contribution is 2.35. The number of hydrogen-bond donors (Lipinski definition) is 2. The molecule has 1 heterocycles. The Labute approximate surface area is 145 Å². The number of benzene rings is 1. The quantitative estimate of drug-likeness (QED) is 0.720. The first-order chi connectivity index (χ1) is 11.7. The molecule has 1 fully saturated rings. The van der Waals surface area contributed by atoms with Gasteiger partial charge in [0.15, 0.2) is 5.16 Å². The molecule has 0 radical (unpaired) electrons. The zero-order valence-corrected chi connectivity index (χ0v) is 14.5. The number of H-pyrrole nitrogens is 1. The van der Waals surface area contributed by atoms with Crippen molar-refractivity contribution >= 4 is 17.7 Å². The fraction of sp³-hybridized carbons (Fsp3) is 0.471. The minimum absolute atomic E-state index is 0.0220. The Morgan fingerprint density at radius 3 is 2.83 bits per heavy atom. The second kappa shape index (κ2) is 7.70. The number of rotatable bonds is 8. The van der Waals surface area contributed by atoms with Crippen molar-refractivity contribution in [3.8, 4) is 0 Å². The maximum absolute atomic E-state index is 12.7. The van der Waals surface area contributed by atoms with Gasteiger partial charge in [-0.15, -0.1) is 5.10 Å². The molecule has 128 valence electrons. The van der Waals surface area contributed by atoms with Crippen molar-refractivity contribution in [3.63, 3.8) is 0 Å². The van der Waals surface area contributed by atoms with Crippen molar-refractivity contribution in [2.75, 3.05) is 0 Å². The summed E-state index contributed by atoms with van der Waals surface area (Å²) in [7, 11) is 0. The molecule has 0 aliphatic heterocycles. The number of nitrogens with one attached hydrogen (secondary N) is 2. The first kappa shape index (κ1) is 16.8. The number of nitrogens with zero attached hydrogens (tertiary/aromatic N) is 2. The van der Waals surface area contributed by atoms with Crippen LogP contribution in [0.1, 0.15) is 43.4 Å². The summed E-state index contributed by atoms with van der Waals surface area (Å²) in [5.74, 6) is -0.0220. The van der Waals surface area contributed by atoms with Gasteiger partial charge >= 0.3 is 5.69 Å². The first-order valence-corrected chi connectivity index (χ1v) is 9.24. The Bertz CT molecular complexity index is 737. The van der Waals surface area contributed by atoms with Crippen LogP contribution >= 0.6 is 11.8 Å². The van der Waals surface area contributed by atoms with E-state index in [1.54, 1.807) is 4.57 Å². The predicted octanol–water partition coefficient (Wildman–Crippen LogP) is 2.48. The molecule has 3 rings (SSSR count). The molecule has 1 atom stereocenters. The molecule has 1 aliphatic rings. The molecule has 0 spiro atoms. The lowest BCUT2D eigenvalue weighted by Gasteiger charge is -2.16. The van der Waals surface area contributed by atoms with Crippen LogP contribution in [-0.2, 0) is 11.3 Å². The van der Waals surface area contributed by atoms with E-state index < -0.39 is 5.25 Å². The van der Waals surface area contributed by atoms with E-state index in [1.165, 1.54) is 11.8 Å². The second-order valence-electron chi connectivity index (χ2n) is 6.01. The molecule has 24 heavy (non-hydrogen) atoms. The van der Waals surface area contributed by atoms with Crippen molar-refractivity contribution in [2.24, 2.45) is 0 Å². The summed E-state index contributed by atoms with van der Waals surface area (Å²) in [6, 6.07) is 9.93. The Morgan fingerprint density at radius 2 is 2.17 bits per heavy atom. The molecule has 2 aromatic rings. The maximum Gasteiger partial charge on any atom is 0.343 e. The molecule has 0 bridgehead atoms. The SMILES string of the molecule is CCCCn1c(SC(C(=O)NC2CC2)c2ccccc2)n[nH]c1=O. The van der Waals surface area contributed by atoms with Gasteiger partial charge in [-0.25, -0.2) is 9.89 Å². The molecular formula is C17H22N4O2S. The van der Waals surface area contributed by atoms with Crippen LogP contribution < -0.4 is 11.0 Å². The van der Waals surface area contributed by atoms with Gasteiger partial charge < -0.3 is 5.32 Å². The molecule has 1 unspecified atom stereocenters. The number of thioether (sulfide) groups is 1. The number of carbonyl (C=O) groups is 1. The van der Waals surface area contributed by atoms with Crippen molar-refractivity contribution in [3.05, 3.63) is 46.4 Å². The fourth-order valence-electron chi connectivity index (χ4n) is 2.42. The van der Waals surface area contributed by atoms with Gasteiger partial charge in [0.05, 0.1) is 0 Å². The molecule has 1 aliphatic carbocycles. The van der Waals surface area contributed by atoms with Gasteiger partial charge in [-0.3, -0.25) is 9.36 Å². The number of carbonyl (C=O) groups excluding carboxylic acids is 1. The van der Waals surface area contributed by atoms with Gasteiger partial charge in [0.2, 0.25) is 5.91 Å². The predicted molar refractivity (Wildman–Crippen MR) is 94.0 cm³/mol. The Morgan fingerprint density at radius 1 is 1.42 bits per heavy atom. The summed E-state index contributed by atoms with van der Waals surface area (Å²) in [6.07, 6.45) is 3.98. The maximum atomic E-state index is 12.7. The smallest absolute Gasteiger partial charge is 0.343 e. The third-order valence-corrected chi connectivity index (χ3v) is 5.19. The highest BCUT2D eigenvalue weighted by atomic mass is 32.2. The Hall–Kier alpha value is -2.02. The number of aromatic nitrogens is 3. The Kier molecular flexibility index (Phi) is 5.40. The number of hydrogen-bond acceptors (Lipinski definition) is 4. The van der Waals surface area contributed by atoms with Crippen LogP contribution in [0.2, 0.25) is 0 Å². The van der Waals surface area contributed by atoms with Crippen LogP contribution in [0, 0.1) is 0 Å². The van der Waals surface area contributed by atoms with Crippen LogP contribution in [-0.4, -0.2) is 26.7 Å². The summed E-state index contributed by atoms with van der Waals surface area (Å²) < 4.78 is 1.62. The lowest BCUT2D eigenvalue weighted by molar-refractivity contribution is -0.120. The molecule has 1 aromatic carbocycles. The molecular weight excluding hydrogens is 324 g/mol. The van der Waals surface area contributed by atoms with Crippen molar-refractivity contribution in [1.29, 1.82) is 0 Å². The van der Waals surface area contributed by atoms with E-state index in [4.69, 9.17) is 0 Å². The van der Waals surface area contributed by atoms with Crippen LogP contribution in [0.25, 0.3) is 0 Å². The highest BCUT2D eigenvalue weighted by molar-refractivity contribution is 8.00. The van der Waals surface area contributed by atoms with E-state index in [9.17, 15) is 9.59 Å². The molecule has 7 heteroatoms. The van der Waals surface area contributed by atoms with E-state index in [2.05, 4.69) is 22.4 Å². The van der Waals surface area contributed by atoms with E-state index in [0.29, 0.717) is 17.7 Å². The monoisotopic (exact) mass is 346 g/mol. The second-order valence-corrected chi connectivity index (χ2v) is 7.08. The topological polar surface area (TPSA) is 79.8 Å². The first-order valence-electron chi connectivity index (χ1n) is 8.36. The Balaban J connectivity index is 1.83. The third kappa shape index (κ3) is 4.08. The highest BCUT2D eigenvalue weighted by Gasteiger charge is 2.30. The number of aromatic amines is 1. The minimum atomic E-state index is -0.414.